The zero-order valence-electron chi connectivity index (χ0n) is 11.4. The van der Waals surface area contributed by atoms with Crippen molar-refractivity contribution >= 4 is 21.6 Å². The number of nitrogens with two attached hydrogens (primary N) is 1. The van der Waals surface area contributed by atoms with Gasteiger partial charge in [0.05, 0.1) is 0 Å². The average Bonchev–Trinajstić information content (AvgIpc) is 2.35. The third-order valence-electron chi connectivity index (χ3n) is 3.97. The van der Waals surface area contributed by atoms with E-state index in [-0.39, 0.29) is 0 Å². The molecule has 1 aliphatic heterocycles. The minimum absolute atomic E-state index is 0.568. The van der Waals surface area contributed by atoms with Gasteiger partial charge in [0, 0.05) is 41.9 Å². The number of piperazine rings is 1. The van der Waals surface area contributed by atoms with Crippen LogP contribution >= 0.6 is 15.9 Å². The molecule has 1 aromatic carbocycles. The monoisotopic (exact) mass is 311 g/mol. The number of anilines is 1. The molecule has 1 heterocycles. The molecule has 0 bridgehead atoms. The molecular weight excluding hydrogens is 290 g/mol. The van der Waals surface area contributed by atoms with Crippen molar-refractivity contribution in [3.8, 4) is 0 Å². The summed E-state index contributed by atoms with van der Waals surface area (Å²) in [6.45, 7) is 7.28. The first-order valence-electron chi connectivity index (χ1n) is 6.48. The fourth-order valence-corrected chi connectivity index (χ4v) is 2.95. The highest BCUT2D eigenvalue weighted by atomic mass is 79.9. The summed E-state index contributed by atoms with van der Waals surface area (Å²) in [6, 6.07) is 7.51. The Morgan fingerprint density at radius 2 is 1.89 bits per heavy atom. The predicted molar refractivity (Wildman–Crippen MR) is 80.9 cm³/mol. The molecule has 2 N–H and O–H groups in total. The van der Waals surface area contributed by atoms with Crippen LogP contribution in [0.2, 0.25) is 0 Å². The van der Waals surface area contributed by atoms with Crippen molar-refractivity contribution in [1.82, 2.24) is 4.90 Å². The molecule has 2 atom stereocenters. The van der Waals surface area contributed by atoms with Gasteiger partial charge < -0.3 is 10.6 Å². The van der Waals surface area contributed by atoms with Crippen molar-refractivity contribution in [2.45, 2.75) is 32.5 Å². The Labute approximate surface area is 118 Å². The van der Waals surface area contributed by atoms with Crippen LogP contribution in [0, 0.1) is 0 Å². The van der Waals surface area contributed by atoms with Gasteiger partial charge in [0.2, 0.25) is 0 Å². The fraction of sp³-hybridized carbons (Fsp3) is 0.571. The Balaban J connectivity index is 2.28. The summed E-state index contributed by atoms with van der Waals surface area (Å²) < 4.78 is 1.12. The van der Waals surface area contributed by atoms with Crippen LogP contribution in [0.3, 0.4) is 0 Å². The van der Waals surface area contributed by atoms with E-state index in [4.69, 9.17) is 5.73 Å². The standard InChI is InChI=1S/C14H22BrN3/c1-10-8-18(9-11(2)17(10)3)14-6-13(15)5-4-12(14)7-16/h4-6,10-11H,7-9,16H2,1-3H3. The number of hydrogen-bond donors (Lipinski definition) is 1. The average molecular weight is 312 g/mol. The molecule has 0 spiro atoms. The van der Waals surface area contributed by atoms with Gasteiger partial charge >= 0.3 is 0 Å². The first kappa shape index (κ1) is 13.8. The summed E-state index contributed by atoms with van der Waals surface area (Å²) >= 11 is 3.56. The van der Waals surface area contributed by atoms with Crippen LogP contribution in [-0.2, 0) is 6.54 Å². The zero-order valence-corrected chi connectivity index (χ0v) is 12.9. The van der Waals surface area contributed by atoms with Gasteiger partial charge in [-0.25, -0.2) is 0 Å². The molecule has 0 saturated carbocycles. The Morgan fingerprint density at radius 1 is 1.28 bits per heavy atom. The van der Waals surface area contributed by atoms with Crippen molar-refractivity contribution in [2.75, 3.05) is 25.0 Å². The molecular formula is C14H22BrN3. The lowest BCUT2D eigenvalue weighted by Crippen LogP contribution is -2.55. The molecule has 1 saturated heterocycles. The molecule has 1 aromatic rings. The molecule has 100 valence electrons. The Bertz CT molecular complexity index is 410. The number of halogens is 1. The molecule has 18 heavy (non-hydrogen) atoms. The first-order chi connectivity index (χ1) is 8.52. The highest BCUT2D eigenvalue weighted by Crippen LogP contribution is 2.28. The second-order valence-corrected chi connectivity index (χ2v) is 6.16. The largest absolute Gasteiger partial charge is 0.368 e. The second kappa shape index (κ2) is 5.59. The summed E-state index contributed by atoms with van der Waals surface area (Å²) in [7, 11) is 2.21. The number of nitrogens with zero attached hydrogens (tertiary/aromatic N) is 2. The zero-order chi connectivity index (χ0) is 13.3. The minimum Gasteiger partial charge on any atom is -0.368 e. The molecule has 0 amide bonds. The first-order valence-corrected chi connectivity index (χ1v) is 7.27. The topological polar surface area (TPSA) is 32.5 Å². The highest BCUT2D eigenvalue weighted by molar-refractivity contribution is 9.10. The maximum absolute atomic E-state index is 5.85. The van der Waals surface area contributed by atoms with E-state index in [2.05, 4.69) is 64.8 Å². The molecule has 1 aliphatic rings. The number of rotatable bonds is 2. The molecule has 4 heteroatoms. The molecule has 3 nitrogen and oxygen atoms in total. The van der Waals surface area contributed by atoms with Gasteiger partial charge in [-0.3, -0.25) is 4.90 Å². The molecule has 2 unspecified atom stereocenters. The van der Waals surface area contributed by atoms with E-state index in [1.165, 1.54) is 11.3 Å². The Hall–Kier alpha value is -0.580. The normalized spacial score (nSPS) is 25.5. The van der Waals surface area contributed by atoms with Gasteiger partial charge in [0.1, 0.15) is 0 Å². The van der Waals surface area contributed by atoms with Gasteiger partial charge in [-0.2, -0.15) is 0 Å². The highest BCUT2D eigenvalue weighted by Gasteiger charge is 2.27. The van der Waals surface area contributed by atoms with E-state index in [1.54, 1.807) is 0 Å². The Morgan fingerprint density at radius 3 is 2.44 bits per heavy atom. The van der Waals surface area contributed by atoms with Crippen LogP contribution in [0.15, 0.2) is 22.7 Å². The van der Waals surface area contributed by atoms with Crippen molar-refractivity contribution in [3.63, 3.8) is 0 Å². The third kappa shape index (κ3) is 2.71. The number of benzene rings is 1. The summed E-state index contributed by atoms with van der Waals surface area (Å²) in [4.78, 5) is 4.90. The van der Waals surface area contributed by atoms with Crippen LogP contribution in [-0.4, -0.2) is 37.1 Å². The maximum atomic E-state index is 5.85. The number of likely N-dealkylation sites (N-methyl/N-ethyl adjacent to an activating group) is 1. The molecule has 0 aromatic heterocycles. The van der Waals surface area contributed by atoms with E-state index < -0.39 is 0 Å². The lowest BCUT2D eigenvalue weighted by molar-refractivity contribution is 0.170. The summed E-state index contributed by atoms with van der Waals surface area (Å²) in [6.07, 6.45) is 0. The van der Waals surface area contributed by atoms with Crippen LogP contribution < -0.4 is 10.6 Å². The molecule has 0 aliphatic carbocycles. The van der Waals surface area contributed by atoms with Gasteiger partial charge in [-0.15, -0.1) is 0 Å². The van der Waals surface area contributed by atoms with E-state index in [9.17, 15) is 0 Å². The van der Waals surface area contributed by atoms with Crippen molar-refractivity contribution in [2.24, 2.45) is 5.73 Å². The molecule has 2 rings (SSSR count). The summed E-state index contributed by atoms with van der Waals surface area (Å²) in [5.74, 6) is 0. The van der Waals surface area contributed by atoms with E-state index in [0.29, 0.717) is 18.6 Å². The maximum Gasteiger partial charge on any atom is 0.0424 e. The van der Waals surface area contributed by atoms with Crippen LogP contribution in [0.5, 0.6) is 0 Å². The Kier molecular flexibility index (Phi) is 4.30. The third-order valence-corrected chi connectivity index (χ3v) is 4.46. The lowest BCUT2D eigenvalue weighted by atomic mass is 10.1. The predicted octanol–water partition coefficient (Wildman–Crippen LogP) is 2.44. The minimum atomic E-state index is 0.568. The van der Waals surface area contributed by atoms with Crippen LogP contribution in [0.1, 0.15) is 19.4 Å². The van der Waals surface area contributed by atoms with Gasteiger partial charge in [0.15, 0.2) is 0 Å². The molecule has 1 fully saturated rings. The molecule has 0 radical (unpaired) electrons. The van der Waals surface area contributed by atoms with Crippen molar-refractivity contribution in [1.29, 1.82) is 0 Å². The van der Waals surface area contributed by atoms with Gasteiger partial charge in [-0.1, -0.05) is 22.0 Å². The van der Waals surface area contributed by atoms with Gasteiger partial charge in [-0.05, 0) is 38.6 Å². The fourth-order valence-electron chi connectivity index (χ4n) is 2.61. The van der Waals surface area contributed by atoms with Gasteiger partial charge in [0.25, 0.3) is 0 Å². The lowest BCUT2D eigenvalue weighted by Gasteiger charge is -2.44. The second-order valence-electron chi connectivity index (χ2n) is 5.25. The van der Waals surface area contributed by atoms with Crippen LogP contribution in [0.25, 0.3) is 0 Å². The van der Waals surface area contributed by atoms with E-state index in [1.807, 2.05) is 0 Å². The van der Waals surface area contributed by atoms with Crippen molar-refractivity contribution in [3.05, 3.63) is 28.2 Å². The van der Waals surface area contributed by atoms with Crippen molar-refractivity contribution < 1.29 is 0 Å². The van der Waals surface area contributed by atoms with Crippen LogP contribution in [0.4, 0.5) is 5.69 Å². The van der Waals surface area contributed by atoms with E-state index >= 15 is 0 Å². The quantitative estimate of drug-likeness (QED) is 0.910. The summed E-state index contributed by atoms with van der Waals surface area (Å²) in [5.41, 5.74) is 8.35. The van der Waals surface area contributed by atoms with E-state index in [0.717, 1.165) is 17.6 Å². The summed E-state index contributed by atoms with van der Waals surface area (Å²) in [5, 5.41) is 0. The smallest absolute Gasteiger partial charge is 0.0424 e. The number of hydrogen-bond acceptors (Lipinski definition) is 3. The SMILES string of the molecule is CC1CN(c2cc(Br)ccc2CN)CC(C)N1C.